The van der Waals surface area contributed by atoms with E-state index in [9.17, 15) is 19.8 Å². The van der Waals surface area contributed by atoms with Crippen LogP contribution in [-0.2, 0) is 6.42 Å². The molecule has 0 unspecified atom stereocenters. The molecule has 6 nitrogen and oxygen atoms in total. The Morgan fingerprint density at radius 2 is 2.12 bits per heavy atom. The minimum Gasteiger partial charge on any atom is -0.477 e. The summed E-state index contributed by atoms with van der Waals surface area (Å²) < 4.78 is 16.8. The number of halogens is 1. The summed E-state index contributed by atoms with van der Waals surface area (Å²) in [6.45, 7) is 2.98. The lowest BCUT2D eigenvalue weighted by molar-refractivity contribution is 0.0694. The Labute approximate surface area is 149 Å². The molecular formula is C19H21FN2O4. The van der Waals surface area contributed by atoms with Crippen LogP contribution in [0.2, 0.25) is 0 Å². The number of hydrogen-bond acceptors (Lipinski definition) is 4. The molecule has 0 radical (unpaired) electrons. The van der Waals surface area contributed by atoms with Crippen LogP contribution in [-0.4, -0.2) is 39.9 Å². The summed E-state index contributed by atoms with van der Waals surface area (Å²) in [5.41, 5.74) is 0.816. The van der Waals surface area contributed by atoms with Crippen LogP contribution in [0.1, 0.15) is 48.1 Å². The number of hydrogen-bond donors (Lipinski definition) is 2. The van der Waals surface area contributed by atoms with Gasteiger partial charge in [-0.15, -0.1) is 0 Å². The fraction of sp³-hybridized carbons (Fsp3) is 0.474. The second-order valence-corrected chi connectivity index (χ2v) is 7.30. The lowest BCUT2D eigenvalue weighted by atomic mass is 9.93. The Hall–Kier alpha value is -2.41. The fourth-order valence-corrected chi connectivity index (χ4v) is 4.29. The van der Waals surface area contributed by atoms with E-state index < -0.39 is 23.3 Å². The van der Waals surface area contributed by atoms with Gasteiger partial charge in [0.05, 0.1) is 17.3 Å². The number of aliphatic hydroxyl groups is 1. The van der Waals surface area contributed by atoms with E-state index in [2.05, 4.69) is 0 Å². The number of anilines is 1. The van der Waals surface area contributed by atoms with Gasteiger partial charge in [0.15, 0.2) is 0 Å². The lowest BCUT2D eigenvalue weighted by Crippen LogP contribution is -2.39. The Morgan fingerprint density at radius 1 is 1.35 bits per heavy atom. The summed E-state index contributed by atoms with van der Waals surface area (Å²) in [6, 6.07) is 1.19. The Bertz CT molecular complexity index is 968. The van der Waals surface area contributed by atoms with E-state index in [1.165, 1.54) is 12.3 Å². The maximum atomic E-state index is 15.0. The minimum atomic E-state index is -1.30. The van der Waals surface area contributed by atoms with Gasteiger partial charge in [0.25, 0.3) is 0 Å². The van der Waals surface area contributed by atoms with Crippen LogP contribution in [0.3, 0.4) is 0 Å². The molecule has 2 N–H and O–H groups in total. The molecule has 26 heavy (non-hydrogen) atoms. The Kier molecular flexibility index (Phi) is 3.99. The van der Waals surface area contributed by atoms with Crippen molar-refractivity contribution in [2.75, 3.05) is 18.0 Å². The van der Waals surface area contributed by atoms with Gasteiger partial charge < -0.3 is 19.7 Å². The van der Waals surface area contributed by atoms with Crippen molar-refractivity contribution in [3.63, 3.8) is 0 Å². The van der Waals surface area contributed by atoms with Crippen molar-refractivity contribution in [3.8, 4) is 0 Å². The van der Waals surface area contributed by atoms with Crippen molar-refractivity contribution < 1.29 is 19.4 Å². The van der Waals surface area contributed by atoms with Gasteiger partial charge in [0, 0.05) is 36.3 Å². The van der Waals surface area contributed by atoms with Gasteiger partial charge in [-0.25, -0.2) is 9.18 Å². The number of aryl methyl sites for hydroxylation is 1. The number of aromatic nitrogens is 1. The molecule has 138 valence electrons. The first-order valence-corrected chi connectivity index (χ1v) is 8.95. The first kappa shape index (κ1) is 17.0. The van der Waals surface area contributed by atoms with Crippen LogP contribution in [0.4, 0.5) is 10.1 Å². The minimum absolute atomic E-state index is 0.0222. The SMILES string of the molecule is C[C@@H]1CCc2c(N3CCC[C@H](O)C3)c(F)cc3c(=O)c(C(=O)O)cn1c23. The maximum absolute atomic E-state index is 15.0. The van der Waals surface area contributed by atoms with Gasteiger partial charge in [-0.1, -0.05) is 0 Å². The Morgan fingerprint density at radius 3 is 2.81 bits per heavy atom. The number of β-amino-alcohol motifs (C(OH)–C–C–N with tert-alkyl or cyclic N) is 1. The molecule has 7 heteroatoms. The molecule has 0 amide bonds. The number of carbonyl (C=O) groups is 1. The van der Waals surface area contributed by atoms with Crippen LogP contribution in [0.15, 0.2) is 17.1 Å². The van der Waals surface area contributed by atoms with Crippen molar-refractivity contribution in [1.82, 2.24) is 4.57 Å². The summed E-state index contributed by atoms with van der Waals surface area (Å²) in [6.07, 6.45) is 3.71. The van der Waals surface area contributed by atoms with E-state index in [1.54, 1.807) is 4.57 Å². The highest BCUT2D eigenvalue weighted by atomic mass is 19.1. The molecular weight excluding hydrogens is 339 g/mol. The van der Waals surface area contributed by atoms with Crippen molar-refractivity contribution in [2.24, 2.45) is 0 Å². The van der Waals surface area contributed by atoms with Gasteiger partial charge in [-0.2, -0.15) is 0 Å². The molecule has 0 spiro atoms. The highest BCUT2D eigenvalue weighted by Crippen LogP contribution is 2.38. The van der Waals surface area contributed by atoms with E-state index >= 15 is 4.39 Å². The number of benzene rings is 1. The molecule has 4 rings (SSSR count). The van der Waals surface area contributed by atoms with Gasteiger partial charge in [0.2, 0.25) is 5.43 Å². The molecule has 3 heterocycles. The zero-order chi connectivity index (χ0) is 18.6. The van der Waals surface area contributed by atoms with Crippen molar-refractivity contribution >= 4 is 22.6 Å². The maximum Gasteiger partial charge on any atom is 0.341 e. The predicted octanol–water partition coefficient (Wildman–Crippen LogP) is 2.31. The van der Waals surface area contributed by atoms with Crippen molar-refractivity contribution in [1.29, 1.82) is 0 Å². The van der Waals surface area contributed by atoms with Crippen molar-refractivity contribution in [3.05, 3.63) is 39.4 Å². The number of nitrogens with zero attached hydrogens (tertiary/aromatic N) is 2. The molecule has 1 fully saturated rings. The van der Waals surface area contributed by atoms with Gasteiger partial charge in [0.1, 0.15) is 11.4 Å². The molecule has 1 aromatic heterocycles. The number of rotatable bonds is 2. The summed E-state index contributed by atoms with van der Waals surface area (Å²) in [5, 5.41) is 19.4. The van der Waals surface area contributed by atoms with Gasteiger partial charge >= 0.3 is 5.97 Å². The molecule has 0 aliphatic carbocycles. The third kappa shape index (κ3) is 2.49. The fourth-order valence-electron chi connectivity index (χ4n) is 4.29. The van der Waals surface area contributed by atoms with Crippen LogP contribution < -0.4 is 10.3 Å². The standard InChI is InChI=1S/C19H21FN2O4/c1-10-4-5-12-16-13(18(24)14(19(25)26)9-22(10)16)7-15(20)17(12)21-6-2-3-11(23)8-21/h7,9-11,23H,2-6,8H2,1H3,(H,25,26)/t10-,11+/m1/s1. The van der Waals surface area contributed by atoms with Crippen molar-refractivity contribution in [2.45, 2.75) is 44.8 Å². The van der Waals surface area contributed by atoms with Crippen LogP contribution in [0.25, 0.3) is 10.9 Å². The summed E-state index contributed by atoms with van der Waals surface area (Å²) in [5.74, 6) is -1.83. The normalized spacial score (nSPS) is 22.7. The number of carboxylic acids is 1. The number of aliphatic hydroxyl groups excluding tert-OH is 1. The zero-order valence-corrected chi connectivity index (χ0v) is 14.5. The van der Waals surface area contributed by atoms with E-state index in [0.717, 1.165) is 18.4 Å². The van der Waals surface area contributed by atoms with Gasteiger partial charge in [-0.3, -0.25) is 4.79 Å². The average molecular weight is 360 g/mol. The second-order valence-electron chi connectivity index (χ2n) is 7.30. The number of aromatic carboxylic acids is 1. The Balaban J connectivity index is 2.03. The van der Waals surface area contributed by atoms with Crippen LogP contribution >= 0.6 is 0 Å². The number of carboxylic acid groups (broad SMARTS) is 1. The third-order valence-electron chi connectivity index (χ3n) is 5.57. The smallest absolute Gasteiger partial charge is 0.341 e. The lowest BCUT2D eigenvalue weighted by Gasteiger charge is -2.36. The summed E-state index contributed by atoms with van der Waals surface area (Å²) in [4.78, 5) is 25.9. The largest absolute Gasteiger partial charge is 0.477 e. The average Bonchev–Trinajstić information content (AvgIpc) is 2.59. The quantitative estimate of drug-likeness (QED) is 0.859. The first-order chi connectivity index (χ1) is 12.4. The molecule has 0 bridgehead atoms. The highest BCUT2D eigenvalue weighted by molar-refractivity contribution is 5.95. The monoisotopic (exact) mass is 360 g/mol. The molecule has 1 saturated heterocycles. The number of pyridine rings is 1. The predicted molar refractivity (Wildman–Crippen MR) is 95.6 cm³/mol. The van der Waals surface area contributed by atoms with Crippen LogP contribution in [0.5, 0.6) is 0 Å². The molecule has 0 saturated carbocycles. The molecule has 2 aliphatic heterocycles. The van der Waals surface area contributed by atoms with E-state index in [1.807, 2.05) is 11.8 Å². The molecule has 2 aliphatic rings. The summed E-state index contributed by atoms with van der Waals surface area (Å²) >= 11 is 0. The second kappa shape index (κ2) is 6.09. The molecule has 1 aromatic carbocycles. The third-order valence-corrected chi connectivity index (χ3v) is 5.57. The molecule has 2 aromatic rings. The first-order valence-electron chi connectivity index (χ1n) is 8.95. The van der Waals surface area contributed by atoms with E-state index in [4.69, 9.17) is 0 Å². The topological polar surface area (TPSA) is 82.8 Å². The number of piperidine rings is 1. The zero-order valence-electron chi connectivity index (χ0n) is 14.5. The van der Waals surface area contributed by atoms with E-state index in [-0.39, 0.29) is 17.0 Å². The van der Waals surface area contributed by atoms with E-state index in [0.29, 0.717) is 37.1 Å². The van der Waals surface area contributed by atoms with Gasteiger partial charge in [-0.05, 0) is 38.7 Å². The summed E-state index contributed by atoms with van der Waals surface area (Å²) in [7, 11) is 0. The highest BCUT2D eigenvalue weighted by Gasteiger charge is 2.30. The molecule has 2 atom stereocenters. The van der Waals surface area contributed by atoms with Crippen LogP contribution in [0, 0.1) is 5.82 Å².